The fourth-order valence-electron chi connectivity index (χ4n) is 4.38. The zero-order chi connectivity index (χ0) is 22.6. The maximum atomic E-state index is 13.3. The fourth-order valence-corrected chi connectivity index (χ4v) is 5.72. The van der Waals surface area contributed by atoms with E-state index in [2.05, 4.69) is 22.1 Å². The Hall–Kier alpha value is -3.33. The van der Waals surface area contributed by atoms with Gasteiger partial charge in [-0.05, 0) is 43.7 Å². The number of fused-ring (bicyclic) bond motifs is 4. The Kier molecular flexibility index (Phi) is 4.93. The Morgan fingerprint density at radius 2 is 2.12 bits per heavy atom. The van der Waals surface area contributed by atoms with Gasteiger partial charge in [0.25, 0.3) is 11.5 Å². The summed E-state index contributed by atoms with van der Waals surface area (Å²) in [5.41, 5.74) is 1.87. The second-order valence-corrected chi connectivity index (χ2v) is 9.54. The number of para-hydroxylation sites is 1. The van der Waals surface area contributed by atoms with E-state index in [4.69, 9.17) is 0 Å². The molecule has 1 aliphatic rings. The van der Waals surface area contributed by atoms with Gasteiger partial charge < -0.3 is 9.67 Å². The number of aryl methyl sites for hydroxylation is 2. The summed E-state index contributed by atoms with van der Waals surface area (Å²) in [6, 6.07) is 6.48. The number of hydrogen-bond acceptors (Lipinski definition) is 6. The summed E-state index contributed by atoms with van der Waals surface area (Å²) >= 11 is 1.58. The normalized spacial score (nSPS) is 17.3. The number of thiophene rings is 1. The van der Waals surface area contributed by atoms with Gasteiger partial charge >= 0.3 is 0 Å². The molecule has 9 heteroatoms. The Bertz CT molecular complexity index is 1460. The predicted molar refractivity (Wildman–Crippen MR) is 124 cm³/mol. The lowest BCUT2D eigenvalue weighted by atomic mass is 9.89. The summed E-state index contributed by atoms with van der Waals surface area (Å²) < 4.78 is 2.91. The van der Waals surface area contributed by atoms with Crippen LogP contribution in [0.25, 0.3) is 21.1 Å². The Balaban J connectivity index is 1.49. The van der Waals surface area contributed by atoms with E-state index in [9.17, 15) is 14.7 Å². The van der Waals surface area contributed by atoms with Gasteiger partial charge in [0, 0.05) is 17.3 Å². The molecular formula is C23H23N5O3S. The number of amides is 1. The first-order chi connectivity index (χ1) is 15.4. The van der Waals surface area contributed by atoms with Crippen molar-refractivity contribution in [3.8, 4) is 5.88 Å². The van der Waals surface area contributed by atoms with Crippen LogP contribution in [0.15, 0.2) is 45.6 Å². The molecule has 32 heavy (non-hydrogen) atoms. The van der Waals surface area contributed by atoms with Crippen molar-refractivity contribution < 1.29 is 9.90 Å². The molecule has 1 aliphatic carbocycles. The molecule has 0 radical (unpaired) electrons. The molecule has 0 fully saturated rings. The van der Waals surface area contributed by atoms with Crippen molar-refractivity contribution in [1.82, 2.24) is 14.1 Å². The van der Waals surface area contributed by atoms with Gasteiger partial charge in [0.15, 0.2) is 5.69 Å². The van der Waals surface area contributed by atoms with Gasteiger partial charge in [0.05, 0.1) is 17.2 Å². The van der Waals surface area contributed by atoms with Crippen LogP contribution in [-0.2, 0) is 24.7 Å². The third-order valence-corrected chi connectivity index (χ3v) is 7.48. The smallest absolute Gasteiger partial charge is 0.287 e. The van der Waals surface area contributed by atoms with Gasteiger partial charge in [-0.3, -0.25) is 14.2 Å². The van der Waals surface area contributed by atoms with Gasteiger partial charge in [-0.15, -0.1) is 21.6 Å². The average molecular weight is 450 g/mol. The summed E-state index contributed by atoms with van der Waals surface area (Å²) in [6.45, 7) is 3.83. The molecule has 4 aromatic rings. The molecule has 0 spiro atoms. The van der Waals surface area contributed by atoms with Crippen LogP contribution in [0.2, 0.25) is 0 Å². The van der Waals surface area contributed by atoms with Crippen LogP contribution in [0.1, 0.15) is 36.8 Å². The zero-order valence-corrected chi connectivity index (χ0v) is 18.9. The monoisotopic (exact) mass is 449 g/mol. The maximum absolute atomic E-state index is 13.3. The van der Waals surface area contributed by atoms with E-state index in [1.807, 2.05) is 18.2 Å². The molecule has 0 aliphatic heterocycles. The number of aromatic hydroxyl groups is 1. The number of benzene rings is 1. The fraction of sp³-hybridized carbons (Fsp3) is 0.348. The van der Waals surface area contributed by atoms with E-state index < -0.39 is 11.9 Å². The highest BCUT2D eigenvalue weighted by molar-refractivity contribution is 7.18. The van der Waals surface area contributed by atoms with E-state index in [1.165, 1.54) is 15.8 Å². The number of rotatable bonds is 3. The molecule has 5 rings (SSSR count). The van der Waals surface area contributed by atoms with E-state index in [0.29, 0.717) is 16.7 Å². The van der Waals surface area contributed by atoms with E-state index in [0.717, 1.165) is 35.2 Å². The van der Waals surface area contributed by atoms with Crippen LogP contribution in [0, 0.1) is 5.92 Å². The van der Waals surface area contributed by atoms with Gasteiger partial charge in [-0.1, -0.05) is 25.1 Å². The number of hydrogen-bond donors (Lipinski definition) is 1. The molecule has 0 saturated heterocycles. The minimum Gasteiger partial charge on any atom is -0.493 e. The SMILES string of the molecule is C[C@H]1CCc2c(sc3ncn([C@@H](C)C(=O)N=Nc4c(O)n(C)c5ccccc45)c(=O)c23)C1. The molecule has 1 N–H and O–H groups in total. The third kappa shape index (κ3) is 3.15. The zero-order valence-electron chi connectivity index (χ0n) is 18.1. The van der Waals surface area contributed by atoms with Crippen LogP contribution in [0.5, 0.6) is 5.88 Å². The highest BCUT2D eigenvalue weighted by atomic mass is 32.1. The molecule has 0 bridgehead atoms. The van der Waals surface area contributed by atoms with Crippen LogP contribution in [0.4, 0.5) is 5.69 Å². The second-order valence-electron chi connectivity index (χ2n) is 8.45. The Labute approximate surface area is 187 Å². The minimum absolute atomic E-state index is 0.0743. The Morgan fingerprint density at radius 3 is 2.94 bits per heavy atom. The van der Waals surface area contributed by atoms with Crippen LogP contribution in [-0.4, -0.2) is 25.1 Å². The summed E-state index contributed by atoms with van der Waals surface area (Å²) in [6.07, 6.45) is 4.29. The molecule has 3 aromatic heterocycles. The van der Waals surface area contributed by atoms with Crippen LogP contribution >= 0.6 is 11.3 Å². The molecule has 1 amide bonds. The summed E-state index contributed by atoms with van der Waals surface area (Å²) in [4.78, 5) is 32.5. The van der Waals surface area contributed by atoms with Crippen molar-refractivity contribution >= 4 is 44.1 Å². The lowest BCUT2D eigenvalue weighted by molar-refractivity contribution is -0.121. The lowest BCUT2D eigenvalue weighted by Gasteiger charge is -2.17. The number of carbonyl (C=O) groups is 1. The number of nitrogens with zero attached hydrogens (tertiary/aromatic N) is 5. The lowest BCUT2D eigenvalue weighted by Crippen LogP contribution is -2.28. The van der Waals surface area contributed by atoms with Crippen molar-refractivity contribution in [3.05, 3.63) is 51.4 Å². The highest BCUT2D eigenvalue weighted by Crippen LogP contribution is 2.38. The average Bonchev–Trinajstić information content (AvgIpc) is 3.27. The summed E-state index contributed by atoms with van der Waals surface area (Å²) in [5, 5.41) is 19.6. The van der Waals surface area contributed by atoms with E-state index in [1.54, 1.807) is 35.9 Å². The maximum Gasteiger partial charge on any atom is 0.287 e. The molecule has 164 valence electrons. The van der Waals surface area contributed by atoms with Crippen molar-refractivity contribution in [2.45, 2.75) is 39.2 Å². The molecule has 8 nitrogen and oxygen atoms in total. The number of carbonyl (C=O) groups excluding carboxylic acids is 1. The first-order valence-corrected chi connectivity index (χ1v) is 11.4. The van der Waals surface area contributed by atoms with Gasteiger partial charge in [0.1, 0.15) is 10.9 Å². The first kappa shape index (κ1) is 20.6. The van der Waals surface area contributed by atoms with Gasteiger partial charge in [0.2, 0.25) is 5.88 Å². The standard InChI is InChI=1S/C23H23N5O3S/c1-12-8-9-15-17(10-12)32-21-18(15)22(30)28(11-24-21)13(2)20(29)26-25-19-14-6-4-5-7-16(14)27(3)23(19)31/h4-7,11-13,31H,8-10H2,1-3H3/t12-,13-/m0/s1. The molecule has 0 unspecified atom stereocenters. The molecule has 3 heterocycles. The second kappa shape index (κ2) is 7.67. The molecular weight excluding hydrogens is 426 g/mol. The van der Waals surface area contributed by atoms with Gasteiger partial charge in [-0.25, -0.2) is 4.98 Å². The van der Waals surface area contributed by atoms with Crippen molar-refractivity contribution in [2.75, 3.05) is 0 Å². The van der Waals surface area contributed by atoms with Crippen molar-refractivity contribution in [2.24, 2.45) is 23.2 Å². The molecule has 0 saturated carbocycles. The molecule has 1 aromatic carbocycles. The van der Waals surface area contributed by atoms with Crippen LogP contribution < -0.4 is 5.56 Å². The van der Waals surface area contributed by atoms with Crippen molar-refractivity contribution in [1.29, 1.82) is 0 Å². The van der Waals surface area contributed by atoms with Crippen molar-refractivity contribution in [3.63, 3.8) is 0 Å². The third-order valence-electron chi connectivity index (χ3n) is 6.31. The summed E-state index contributed by atoms with van der Waals surface area (Å²) in [7, 11) is 1.71. The number of azo groups is 1. The van der Waals surface area contributed by atoms with Gasteiger partial charge in [-0.2, -0.15) is 0 Å². The first-order valence-electron chi connectivity index (χ1n) is 10.6. The van der Waals surface area contributed by atoms with E-state index >= 15 is 0 Å². The predicted octanol–water partition coefficient (Wildman–Crippen LogP) is 4.65. The molecule has 2 atom stereocenters. The summed E-state index contributed by atoms with van der Waals surface area (Å²) in [5.74, 6) is -0.0581. The number of aromatic nitrogens is 3. The highest BCUT2D eigenvalue weighted by Gasteiger charge is 2.25. The Morgan fingerprint density at radius 1 is 1.34 bits per heavy atom. The van der Waals surface area contributed by atoms with Crippen LogP contribution in [0.3, 0.4) is 0 Å². The largest absolute Gasteiger partial charge is 0.493 e. The van der Waals surface area contributed by atoms with E-state index in [-0.39, 0.29) is 17.1 Å². The minimum atomic E-state index is -0.863. The quantitative estimate of drug-likeness (QED) is 0.460. The topological polar surface area (TPSA) is 102 Å².